The Hall–Kier alpha value is -3.00. The molecule has 0 aliphatic heterocycles. The molecule has 0 spiro atoms. The van der Waals surface area contributed by atoms with Gasteiger partial charge in [0, 0.05) is 23.6 Å². The van der Waals surface area contributed by atoms with E-state index in [0.29, 0.717) is 30.0 Å². The van der Waals surface area contributed by atoms with Gasteiger partial charge in [-0.1, -0.05) is 40.2 Å². The molecule has 1 amide bonds. The van der Waals surface area contributed by atoms with Crippen LogP contribution in [-0.4, -0.2) is 32.6 Å². The SMILES string of the molecule is Cc1nn(Cc2ccc(C(=O)N(C)Cc3ccc(Br)cc3)cc2)c(C)c1[N+](=O)[O-]. The lowest BCUT2D eigenvalue weighted by atomic mass is 10.1. The van der Waals surface area contributed by atoms with Gasteiger partial charge in [0.05, 0.1) is 11.5 Å². The highest BCUT2D eigenvalue weighted by atomic mass is 79.9. The molecule has 0 unspecified atom stereocenters. The highest BCUT2D eigenvalue weighted by molar-refractivity contribution is 9.10. The molecule has 1 heterocycles. The molecule has 0 fully saturated rings. The molecular weight excluding hydrogens is 436 g/mol. The number of aryl methyl sites for hydroxylation is 1. The third kappa shape index (κ3) is 4.71. The third-order valence-electron chi connectivity index (χ3n) is 4.74. The van der Waals surface area contributed by atoms with Crippen molar-refractivity contribution in [1.29, 1.82) is 0 Å². The molecule has 0 aliphatic carbocycles. The largest absolute Gasteiger partial charge is 0.337 e. The predicted octanol–water partition coefficient (Wildman–Crippen LogP) is 4.49. The normalized spacial score (nSPS) is 10.8. The summed E-state index contributed by atoms with van der Waals surface area (Å²) in [5.41, 5.74) is 3.51. The second kappa shape index (κ2) is 8.57. The van der Waals surface area contributed by atoms with Gasteiger partial charge < -0.3 is 4.90 Å². The average molecular weight is 457 g/mol. The van der Waals surface area contributed by atoms with E-state index in [9.17, 15) is 14.9 Å². The lowest BCUT2D eigenvalue weighted by Gasteiger charge is -2.17. The maximum Gasteiger partial charge on any atom is 0.312 e. The van der Waals surface area contributed by atoms with Gasteiger partial charge in [-0.3, -0.25) is 19.6 Å². The summed E-state index contributed by atoms with van der Waals surface area (Å²) in [5.74, 6) is -0.0683. The third-order valence-corrected chi connectivity index (χ3v) is 5.27. The number of hydrogen-bond acceptors (Lipinski definition) is 4. The molecule has 1 aromatic heterocycles. The van der Waals surface area contributed by atoms with E-state index in [4.69, 9.17) is 0 Å². The van der Waals surface area contributed by atoms with Gasteiger partial charge >= 0.3 is 5.69 Å². The van der Waals surface area contributed by atoms with Gasteiger partial charge in [-0.15, -0.1) is 0 Å². The first-order chi connectivity index (χ1) is 13.8. The Labute approximate surface area is 177 Å². The van der Waals surface area contributed by atoms with E-state index < -0.39 is 4.92 Å². The minimum atomic E-state index is -0.406. The van der Waals surface area contributed by atoms with Crippen molar-refractivity contribution >= 4 is 27.5 Å². The van der Waals surface area contributed by atoms with Crippen molar-refractivity contribution in [3.63, 3.8) is 0 Å². The molecule has 7 nitrogen and oxygen atoms in total. The molecule has 150 valence electrons. The first kappa shape index (κ1) is 20.7. The van der Waals surface area contributed by atoms with Crippen molar-refractivity contribution in [3.8, 4) is 0 Å². The summed E-state index contributed by atoms with van der Waals surface area (Å²) in [5, 5.41) is 15.4. The minimum absolute atomic E-state index is 0.0476. The highest BCUT2D eigenvalue weighted by Gasteiger charge is 2.21. The van der Waals surface area contributed by atoms with E-state index in [-0.39, 0.29) is 11.6 Å². The fourth-order valence-electron chi connectivity index (χ4n) is 3.19. The van der Waals surface area contributed by atoms with E-state index in [1.807, 2.05) is 36.4 Å². The Kier molecular flexibility index (Phi) is 6.12. The average Bonchev–Trinajstić information content (AvgIpc) is 2.96. The fourth-order valence-corrected chi connectivity index (χ4v) is 3.45. The monoisotopic (exact) mass is 456 g/mol. The van der Waals surface area contributed by atoms with Crippen LogP contribution >= 0.6 is 15.9 Å². The van der Waals surface area contributed by atoms with Gasteiger partial charge in [-0.05, 0) is 49.2 Å². The van der Waals surface area contributed by atoms with Crippen LogP contribution in [0.25, 0.3) is 0 Å². The van der Waals surface area contributed by atoms with Crippen molar-refractivity contribution in [2.45, 2.75) is 26.9 Å². The lowest BCUT2D eigenvalue weighted by molar-refractivity contribution is -0.386. The number of nitro groups is 1. The molecule has 0 saturated heterocycles. The first-order valence-corrected chi connectivity index (χ1v) is 9.83. The molecule has 2 aromatic carbocycles. The van der Waals surface area contributed by atoms with E-state index in [1.165, 1.54) is 0 Å². The second-order valence-electron chi connectivity index (χ2n) is 6.92. The molecule has 29 heavy (non-hydrogen) atoms. The van der Waals surface area contributed by atoms with Gasteiger partial charge in [0.25, 0.3) is 5.91 Å². The molecule has 0 N–H and O–H groups in total. The highest BCUT2D eigenvalue weighted by Crippen LogP contribution is 2.22. The molecule has 0 aliphatic rings. The summed E-state index contributed by atoms with van der Waals surface area (Å²) in [6.07, 6.45) is 0. The zero-order valence-corrected chi connectivity index (χ0v) is 18.0. The standard InChI is InChI=1S/C21H21BrN4O3/c1-14-20(26(28)29)15(2)25(23-14)13-17-4-8-18(9-5-17)21(27)24(3)12-16-6-10-19(22)11-7-16/h4-11H,12-13H2,1-3H3. The Morgan fingerprint density at radius 1 is 1.10 bits per heavy atom. The smallest absolute Gasteiger partial charge is 0.312 e. The molecule has 8 heteroatoms. The number of nitrogens with zero attached hydrogens (tertiary/aromatic N) is 4. The Balaban J connectivity index is 1.69. The quantitative estimate of drug-likeness (QED) is 0.404. The minimum Gasteiger partial charge on any atom is -0.337 e. The molecule has 0 bridgehead atoms. The second-order valence-corrected chi connectivity index (χ2v) is 7.83. The van der Waals surface area contributed by atoms with Crippen molar-refractivity contribution in [1.82, 2.24) is 14.7 Å². The van der Waals surface area contributed by atoms with E-state index >= 15 is 0 Å². The van der Waals surface area contributed by atoms with Crippen molar-refractivity contribution in [2.24, 2.45) is 0 Å². The van der Waals surface area contributed by atoms with Crippen molar-refractivity contribution in [2.75, 3.05) is 7.05 Å². The summed E-state index contributed by atoms with van der Waals surface area (Å²) in [6.45, 7) is 4.24. The van der Waals surface area contributed by atoms with Crippen LogP contribution in [0, 0.1) is 24.0 Å². The van der Waals surface area contributed by atoms with Gasteiger partial charge in [-0.25, -0.2) is 0 Å². The lowest BCUT2D eigenvalue weighted by Crippen LogP contribution is -2.26. The molecule has 3 rings (SSSR count). The molecule has 0 atom stereocenters. The summed E-state index contributed by atoms with van der Waals surface area (Å²) < 4.78 is 2.61. The predicted molar refractivity (Wildman–Crippen MR) is 114 cm³/mol. The topological polar surface area (TPSA) is 81.3 Å². The zero-order valence-electron chi connectivity index (χ0n) is 16.4. The summed E-state index contributed by atoms with van der Waals surface area (Å²) >= 11 is 3.40. The molecular formula is C21H21BrN4O3. The van der Waals surface area contributed by atoms with Crippen LogP contribution in [0.2, 0.25) is 0 Å². The van der Waals surface area contributed by atoms with Crippen molar-refractivity contribution < 1.29 is 9.72 Å². The fraction of sp³-hybridized carbons (Fsp3) is 0.238. The van der Waals surface area contributed by atoms with Crippen LogP contribution in [-0.2, 0) is 13.1 Å². The molecule has 0 saturated carbocycles. The van der Waals surface area contributed by atoms with Crippen LogP contribution in [0.1, 0.15) is 32.9 Å². The zero-order chi connectivity index (χ0) is 21.1. The van der Waals surface area contributed by atoms with E-state index in [2.05, 4.69) is 21.0 Å². The number of hydrogen-bond donors (Lipinski definition) is 0. The number of amides is 1. The Bertz CT molecular complexity index is 1040. The summed E-state index contributed by atoms with van der Waals surface area (Å²) in [4.78, 5) is 25.1. The van der Waals surface area contributed by atoms with Crippen LogP contribution in [0.15, 0.2) is 53.0 Å². The van der Waals surface area contributed by atoms with E-state index in [0.717, 1.165) is 15.6 Å². The molecule has 0 radical (unpaired) electrons. The van der Waals surface area contributed by atoms with Gasteiger partial charge in [0.15, 0.2) is 0 Å². The van der Waals surface area contributed by atoms with Gasteiger partial charge in [-0.2, -0.15) is 5.10 Å². The first-order valence-electron chi connectivity index (χ1n) is 9.03. The molecule has 3 aromatic rings. The number of halogens is 1. The van der Waals surface area contributed by atoms with Crippen LogP contribution < -0.4 is 0 Å². The maximum atomic E-state index is 12.7. The number of carbonyl (C=O) groups excluding carboxylic acids is 1. The van der Waals surface area contributed by atoms with Crippen LogP contribution in [0.5, 0.6) is 0 Å². The van der Waals surface area contributed by atoms with Crippen molar-refractivity contribution in [3.05, 3.63) is 91.2 Å². The number of benzene rings is 2. The van der Waals surface area contributed by atoms with Gasteiger partial charge in [0.2, 0.25) is 0 Å². The van der Waals surface area contributed by atoms with Crippen LogP contribution in [0.3, 0.4) is 0 Å². The summed E-state index contributed by atoms with van der Waals surface area (Å²) in [7, 11) is 1.77. The number of aromatic nitrogens is 2. The Morgan fingerprint density at radius 2 is 1.69 bits per heavy atom. The Morgan fingerprint density at radius 3 is 2.24 bits per heavy atom. The number of carbonyl (C=O) groups is 1. The van der Waals surface area contributed by atoms with Crippen LogP contribution in [0.4, 0.5) is 5.69 Å². The van der Waals surface area contributed by atoms with Gasteiger partial charge in [0.1, 0.15) is 11.4 Å². The van der Waals surface area contributed by atoms with E-state index in [1.54, 1.807) is 42.6 Å². The number of rotatable bonds is 6. The summed E-state index contributed by atoms with van der Waals surface area (Å²) in [6, 6.07) is 15.1. The maximum absolute atomic E-state index is 12.7.